The molecule has 4 rings (SSSR count). The highest BCUT2D eigenvalue weighted by Crippen LogP contribution is 2.29. The average Bonchev–Trinajstić information content (AvgIpc) is 3.39. The third-order valence-electron chi connectivity index (χ3n) is 5.70. The summed E-state index contributed by atoms with van der Waals surface area (Å²) in [7, 11) is -4.24. The van der Waals surface area contributed by atoms with Crippen LogP contribution in [-0.4, -0.2) is 50.7 Å². The van der Waals surface area contributed by atoms with Crippen molar-refractivity contribution in [3.05, 3.63) is 65.6 Å². The van der Waals surface area contributed by atoms with Gasteiger partial charge in [-0.2, -0.15) is 8.42 Å². The Labute approximate surface area is 221 Å². The van der Waals surface area contributed by atoms with Crippen LogP contribution in [0.1, 0.15) is 36.3 Å². The SMILES string of the molecule is Cc1cccc(S(=O)(=O)NC(=O)c2ccc(-c3cc(F)cc(OCC(C)C)c3)nc2OCC2CCOC2)n1. The van der Waals surface area contributed by atoms with E-state index in [-0.39, 0.29) is 34.9 Å². The van der Waals surface area contributed by atoms with E-state index in [0.29, 0.717) is 42.5 Å². The molecule has 0 radical (unpaired) electrons. The summed E-state index contributed by atoms with van der Waals surface area (Å²) in [6.07, 6.45) is 0.787. The monoisotopic (exact) mass is 543 g/mol. The summed E-state index contributed by atoms with van der Waals surface area (Å²) in [6.45, 7) is 7.37. The van der Waals surface area contributed by atoms with E-state index in [1.54, 1.807) is 19.1 Å². The van der Waals surface area contributed by atoms with Gasteiger partial charge in [-0.15, -0.1) is 0 Å². The number of benzene rings is 1. The molecule has 0 saturated carbocycles. The summed E-state index contributed by atoms with van der Waals surface area (Å²) in [4.78, 5) is 21.5. The Morgan fingerprint density at radius 1 is 1.16 bits per heavy atom. The number of hydrogen-bond acceptors (Lipinski definition) is 8. The van der Waals surface area contributed by atoms with Crippen molar-refractivity contribution in [2.24, 2.45) is 11.8 Å². The second-order valence-electron chi connectivity index (χ2n) is 9.52. The zero-order valence-corrected chi connectivity index (χ0v) is 22.3. The van der Waals surface area contributed by atoms with E-state index in [1.807, 2.05) is 18.6 Å². The van der Waals surface area contributed by atoms with Crippen LogP contribution in [0.15, 0.2) is 53.6 Å². The summed E-state index contributed by atoms with van der Waals surface area (Å²) in [6, 6.07) is 11.6. The van der Waals surface area contributed by atoms with Crippen LogP contribution in [0.25, 0.3) is 11.3 Å². The van der Waals surface area contributed by atoms with Crippen molar-refractivity contribution in [2.75, 3.05) is 26.4 Å². The van der Waals surface area contributed by atoms with E-state index in [2.05, 4.69) is 9.97 Å². The number of nitrogens with one attached hydrogen (secondary N) is 1. The van der Waals surface area contributed by atoms with Crippen LogP contribution < -0.4 is 14.2 Å². The van der Waals surface area contributed by atoms with Gasteiger partial charge in [0.2, 0.25) is 5.88 Å². The van der Waals surface area contributed by atoms with Gasteiger partial charge in [-0.1, -0.05) is 19.9 Å². The van der Waals surface area contributed by atoms with Gasteiger partial charge in [0.05, 0.1) is 25.5 Å². The number of aryl methyl sites for hydroxylation is 1. The molecule has 1 fully saturated rings. The van der Waals surface area contributed by atoms with Crippen LogP contribution in [-0.2, 0) is 14.8 Å². The Morgan fingerprint density at radius 2 is 1.97 bits per heavy atom. The first-order valence-electron chi connectivity index (χ1n) is 12.3. The maximum atomic E-state index is 14.4. The lowest BCUT2D eigenvalue weighted by atomic mass is 10.1. The predicted octanol–water partition coefficient (Wildman–Crippen LogP) is 4.16. The number of rotatable bonds is 10. The number of nitrogens with zero attached hydrogens (tertiary/aromatic N) is 2. The molecule has 0 aliphatic carbocycles. The van der Waals surface area contributed by atoms with Crippen molar-refractivity contribution >= 4 is 15.9 Å². The molecular weight excluding hydrogens is 513 g/mol. The summed E-state index contributed by atoms with van der Waals surface area (Å²) in [5.74, 6) is -0.810. The molecule has 1 aliphatic rings. The number of amides is 1. The Morgan fingerprint density at radius 3 is 2.68 bits per heavy atom. The van der Waals surface area contributed by atoms with Crippen molar-refractivity contribution in [1.29, 1.82) is 0 Å². The van der Waals surface area contributed by atoms with Crippen molar-refractivity contribution in [3.8, 4) is 22.9 Å². The van der Waals surface area contributed by atoms with Crippen molar-refractivity contribution in [3.63, 3.8) is 0 Å². The van der Waals surface area contributed by atoms with Crippen LogP contribution >= 0.6 is 0 Å². The quantitative estimate of drug-likeness (QED) is 0.405. The number of sulfonamides is 1. The van der Waals surface area contributed by atoms with Gasteiger partial charge in [-0.05, 0) is 55.7 Å². The lowest BCUT2D eigenvalue weighted by Crippen LogP contribution is -2.32. The summed E-state index contributed by atoms with van der Waals surface area (Å²) in [5, 5.41) is -0.283. The van der Waals surface area contributed by atoms with Crippen LogP contribution in [0.2, 0.25) is 0 Å². The highest BCUT2D eigenvalue weighted by Gasteiger charge is 2.25. The Balaban J connectivity index is 1.65. The third kappa shape index (κ3) is 7.05. The fourth-order valence-corrected chi connectivity index (χ4v) is 4.73. The summed E-state index contributed by atoms with van der Waals surface area (Å²) < 4.78 is 59.0. The van der Waals surface area contributed by atoms with Crippen molar-refractivity contribution in [1.82, 2.24) is 14.7 Å². The molecular formula is C27H30FN3O6S. The van der Waals surface area contributed by atoms with E-state index < -0.39 is 21.7 Å². The maximum absolute atomic E-state index is 14.4. The van der Waals surface area contributed by atoms with Crippen LogP contribution in [0, 0.1) is 24.6 Å². The van der Waals surface area contributed by atoms with Crippen LogP contribution in [0.5, 0.6) is 11.6 Å². The van der Waals surface area contributed by atoms with Crippen molar-refractivity contribution < 1.29 is 31.8 Å². The molecule has 1 unspecified atom stereocenters. The molecule has 1 aromatic carbocycles. The predicted molar refractivity (Wildman–Crippen MR) is 138 cm³/mol. The molecule has 202 valence electrons. The van der Waals surface area contributed by atoms with Crippen LogP contribution in [0.3, 0.4) is 0 Å². The van der Waals surface area contributed by atoms with E-state index in [9.17, 15) is 17.6 Å². The van der Waals surface area contributed by atoms with Gasteiger partial charge in [0.25, 0.3) is 15.9 Å². The second-order valence-corrected chi connectivity index (χ2v) is 11.2. The smallest absolute Gasteiger partial charge is 0.281 e. The first-order valence-corrected chi connectivity index (χ1v) is 13.7. The largest absolute Gasteiger partial charge is 0.493 e. The lowest BCUT2D eigenvalue weighted by Gasteiger charge is -2.15. The molecule has 2 aromatic heterocycles. The number of pyridine rings is 2. The number of carbonyl (C=O) groups is 1. The van der Waals surface area contributed by atoms with Gasteiger partial charge in [0, 0.05) is 29.8 Å². The minimum Gasteiger partial charge on any atom is -0.493 e. The number of halogens is 1. The molecule has 0 bridgehead atoms. The van der Waals surface area contributed by atoms with Gasteiger partial charge in [0.15, 0.2) is 5.03 Å². The second kappa shape index (κ2) is 11.9. The normalized spacial score (nSPS) is 15.4. The van der Waals surface area contributed by atoms with Gasteiger partial charge in [-0.25, -0.2) is 19.1 Å². The third-order valence-corrected chi connectivity index (χ3v) is 6.93. The zero-order valence-electron chi connectivity index (χ0n) is 21.4. The number of carbonyl (C=O) groups excluding carboxylic acids is 1. The minimum atomic E-state index is -4.24. The number of hydrogen-bond donors (Lipinski definition) is 1. The van der Waals surface area contributed by atoms with E-state index in [1.165, 1.54) is 36.4 Å². The summed E-state index contributed by atoms with van der Waals surface area (Å²) in [5.41, 5.74) is 1.15. The highest BCUT2D eigenvalue weighted by atomic mass is 32.2. The molecule has 3 heterocycles. The molecule has 9 nitrogen and oxygen atoms in total. The molecule has 1 N–H and O–H groups in total. The van der Waals surface area contributed by atoms with E-state index >= 15 is 0 Å². The van der Waals surface area contributed by atoms with Crippen molar-refractivity contribution in [2.45, 2.75) is 32.2 Å². The molecule has 1 aliphatic heterocycles. The summed E-state index contributed by atoms with van der Waals surface area (Å²) >= 11 is 0. The first-order chi connectivity index (χ1) is 18.1. The molecule has 3 aromatic rings. The zero-order chi connectivity index (χ0) is 27.3. The van der Waals surface area contributed by atoms with Gasteiger partial charge < -0.3 is 14.2 Å². The molecule has 1 amide bonds. The number of aromatic nitrogens is 2. The Kier molecular flexibility index (Phi) is 8.58. The van der Waals surface area contributed by atoms with Gasteiger partial charge in [0.1, 0.15) is 17.1 Å². The number of ether oxygens (including phenoxy) is 3. The Hall–Kier alpha value is -3.57. The molecule has 0 spiro atoms. The first kappa shape index (κ1) is 27.5. The lowest BCUT2D eigenvalue weighted by molar-refractivity contribution is 0.0974. The average molecular weight is 544 g/mol. The fraction of sp³-hybridized carbons (Fsp3) is 0.370. The van der Waals surface area contributed by atoms with Gasteiger partial charge in [-0.3, -0.25) is 4.79 Å². The standard InChI is InChI=1S/C27H30FN3O6S/c1-17(2)14-36-22-12-20(11-21(28)13-22)24-8-7-23(27(30-24)37-16-19-9-10-35-15-19)26(32)31-38(33,34)25-6-4-5-18(3)29-25/h4-8,11-13,17,19H,9-10,14-16H2,1-3H3,(H,31,32). The van der Waals surface area contributed by atoms with Gasteiger partial charge >= 0.3 is 0 Å². The van der Waals surface area contributed by atoms with E-state index in [0.717, 1.165) is 6.42 Å². The molecule has 38 heavy (non-hydrogen) atoms. The van der Waals surface area contributed by atoms with Crippen LogP contribution in [0.4, 0.5) is 4.39 Å². The molecule has 11 heteroatoms. The molecule has 1 saturated heterocycles. The molecule has 1 atom stereocenters. The van der Waals surface area contributed by atoms with E-state index in [4.69, 9.17) is 14.2 Å². The fourth-order valence-electron chi connectivity index (χ4n) is 3.75. The minimum absolute atomic E-state index is 0.0757. The maximum Gasteiger partial charge on any atom is 0.281 e. The highest BCUT2D eigenvalue weighted by molar-refractivity contribution is 7.90. The topological polar surface area (TPSA) is 117 Å². The Bertz CT molecular complexity index is 1410.